The number of hydrogen-bond acceptors (Lipinski definition) is 7. The van der Waals surface area contributed by atoms with Gasteiger partial charge < -0.3 is 20.5 Å². The smallest absolute Gasteiger partial charge is 0.241 e. The summed E-state index contributed by atoms with van der Waals surface area (Å²) in [5.74, 6) is 2.87. The average molecular weight is 387 g/mol. The third-order valence-electron chi connectivity index (χ3n) is 5.47. The van der Waals surface area contributed by atoms with Gasteiger partial charge in [0.15, 0.2) is 0 Å². The van der Waals surface area contributed by atoms with Gasteiger partial charge in [0.05, 0.1) is 13.2 Å². The SMILES string of the molecule is Cn1nc(N)nc1NCCCOc1ccc2c(c1)C(N1CCCCC1)CCO2. The second-order valence-corrected chi connectivity index (χ2v) is 7.50. The molecule has 4 rings (SSSR count). The first-order valence-electron chi connectivity index (χ1n) is 10.2. The maximum absolute atomic E-state index is 6.00. The van der Waals surface area contributed by atoms with Crippen molar-refractivity contribution in [2.45, 2.75) is 38.1 Å². The number of nitrogen functional groups attached to an aromatic ring is 1. The van der Waals surface area contributed by atoms with Crippen LogP contribution in [0.15, 0.2) is 18.2 Å². The topological polar surface area (TPSA) is 90.5 Å². The fourth-order valence-corrected chi connectivity index (χ4v) is 4.07. The largest absolute Gasteiger partial charge is 0.494 e. The predicted octanol–water partition coefficient (Wildman–Crippen LogP) is 2.59. The van der Waals surface area contributed by atoms with E-state index < -0.39 is 0 Å². The van der Waals surface area contributed by atoms with Crippen molar-refractivity contribution < 1.29 is 9.47 Å². The summed E-state index contributed by atoms with van der Waals surface area (Å²) in [5.41, 5.74) is 6.86. The summed E-state index contributed by atoms with van der Waals surface area (Å²) < 4.78 is 13.5. The van der Waals surface area contributed by atoms with Gasteiger partial charge in [-0.25, -0.2) is 4.68 Å². The Bertz CT molecular complexity index is 787. The highest BCUT2D eigenvalue weighted by molar-refractivity contribution is 5.43. The van der Waals surface area contributed by atoms with E-state index in [0.29, 0.717) is 18.6 Å². The number of anilines is 2. The maximum atomic E-state index is 6.00. The Morgan fingerprint density at radius 1 is 1.29 bits per heavy atom. The van der Waals surface area contributed by atoms with Crippen molar-refractivity contribution in [3.8, 4) is 11.5 Å². The van der Waals surface area contributed by atoms with Gasteiger partial charge in [0, 0.05) is 31.6 Å². The van der Waals surface area contributed by atoms with Gasteiger partial charge >= 0.3 is 0 Å². The molecule has 0 spiro atoms. The van der Waals surface area contributed by atoms with E-state index in [1.807, 2.05) is 13.1 Å². The van der Waals surface area contributed by atoms with Gasteiger partial charge in [-0.15, -0.1) is 5.10 Å². The normalized spacial score (nSPS) is 19.7. The van der Waals surface area contributed by atoms with E-state index in [1.54, 1.807) is 4.68 Å². The lowest BCUT2D eigenvalue weighted by molar-refractivity contribution is 0.119. The number of fused-ring (bicyclic) bond motifs is 1. The van der Waals surface area contributed by atoms with E-state index in [1.165, 1.54) is 37.9 Å². The van der Waals surface area contributed by atoms with E-state index in [-0.39, 0.29) is 5.95 Å². The zero-order valence-electron chi connectivity index (χ0n) is 16.6. The van der Waals surface area contributed by atoms with Crippen LogP contribution in [0, 0.1) is 0 Å². The molecule has 1 atom stereocenters. The number of benzene rings is 1. The minimum atomic E-state index is 0.279. The standard InChI is InChI=1S/C20H30N6O2/c1-25-20(23-19(21)24-25)22-9-5-12-27-15-6-7-18-16(14-15)17(8-13-28-18)26-10-3-2-4-11-26/h6-7,14,17H,2-5,8-13H2,1H3,(H3,21,22,23,24). The number of piperidine rings is 1. The van der Waals surface area contributed by atoms with E-state index in [2.05, 4.69) is 32.4 Å². The number of hydrogen-bond donors (Lipinski definition) is 2. The van der Waals surface area contributed by atoms with Crippen LogP contribution in [-0.2, 0) is 7.05 Å². The molecule has 3 N–H and O–H groups in total. The monoisotopic (exact) mass is 386 g/mol. The van der Waals surface area contributed by atoms with Crippen molar-refractivity contribution >= 4 is 11.9 Å². The third kappa shape index (κ3) is 4.32. The molecule has 3 heterocycles. The fourth-order valence-electron chi connectivity index (χ4n) is 4.07. The lowest BCUT2D eigenvalue weighted by atomic mass is 9.96. The van der Waals surface area contributed by atoms with Crippen LogP contribution in [0.4, 0.5) is 11.9 Å². The van der Waals surface area contributed by atoms with Crippen LogP contribution in [0.5, 0.6) is 11.5 Å². The first-order valence-corrected chi connectivity index (χ1v) is 10.2. The summed E-state index contributed by atoms with van der Waals surface area (Å²) in [6, 6.07) is 6.69. The molecule has 152 valence electrons. The highest BCUT2D eigenvalue weighted by atomic mass is 16.5. The van der Waals surface area contributed by atoms with E-state index in [0.717, 1.165) is 37.5 Å². The number of likely N-dealkylation sites (tertiary alicyclic amines) is 1. The maximum Gasteiger partial charge on any atom is 0.241 e. The first-order chi connectivity index (χ1) is 13.7. The summed E-state index contributed by atoms with van der Waals surface area (Å²) in [6.45, 7) is 4.55. The third-order valence-corrected chi connectivity index (χ3v) is 5.47. The van der Waals surface area contributed by atoms with E-state index in [4.69, 9.17) is 15.2 Å². The number of aryl methyl sites for hydroxylation is 1. The van der Waals surface area contributed by atoms with Gasteiger partial charge in [0.25, 0.3) is 0 Å². The zero-order valence-corrected chi connectivity index (χ0v) is 16.6. The van der Waals surface area contributed by atoms with Gasteiger partial charge in [-0.3, -0.25) is 4.90 Å². The molecule has 1 aromatic carbocycles. The second-order valence-electron chi connectivity index (χ2n) is 7.50. The molecule has 8 heteroatoms. The molecular weight excluding hydrogens is 356 g/mol. The van der Waals surface area contributed by atoms with Gasteiger partial charge in [-0.2, -0.15) is 4.98 Å². The van der Waals surface area contributed by atoms with Gasteiger partial charge in [-0.05, 0) is 50.6 Å². The molecule has 0 amide bonds. The Morgan fingerprint density at radius 3 is 2.93 bits per heavy atom. The van der Waals surface area contributed by atoms with E-state index >= 15 is 0 Å². The quantitative estimate of drug-likeness (QED) is 0.707. The molecular formula is C20H30N6O2. The Kier molecular flexibility index (Phi) is 5.85. The molecule has 28 heavy (non-hydrogen) atoms. The summed E-state index contributed by atoms with van der Waals surface area (Å²) in [4.78, 5) is 6.74. The number of nitrogens with zero attached hydrogens (tertiary/aromatic N) is 4. The van der Waals surface area contributed by atoms with Crippen molar-refractivity contribution in [1.29, 1.82) is 0 Å². The minimum absolute atomic E-state index is 0.279. The van der Waals surface area contributed by atoms with Crippen molar-refractivity contribution in [1.82, 2.24) is 19.7 Å². The summed E-state index contributed by atoms with van der Waals surface area (Å²) in [5, 5.41) is 7.24. The van der Waals surface area contributed by atoms with Crippen LogP contribution in [0.1, 0.15) is 43.7 Å². The molecule has 1 aromatic heterocycles. The molecule has 0 bridgehead atoms. The van der Waals surface area contributed by atoms with Crippen LogP contribution < -0.4 is 20.5 Å². The Labute approximate surface area is 166 Å². The molecule has 0 aliphatic carbocycles. The average Bonchev–Trinajstić information content (AvgIpc) is 3.05. The van der Waals surface area contributed by atoms with Crippen LogP contribution in [0.2, 0.25) is 0 Å². The Morgan fingerprint density at radius 2 is 2.14 bits per heavy atom. The van der Waals surface area contributed by atoms with Gasteiger partial charge in [-0.1, -0.05) is 6.42 Å². The van der Waals surface area contributed by atoms with Crippen LogP contribution in [0.25, 0.3) is 0 Å². The number of nitrogens with one attached hydrogen (secondary N) is 1. The van der Waals surface area contributed by atoms with Gasteiger partial charge in [0.2, 0.25) is 11.9 Å². The molecule has 2 aliphatic heterocycles. The number of nitrogens with two attached hydrogens (primary N) is 1. The predicted molar refractivity (Wildman–Crippen MR) is 109 cm³/mol. The molecule has 1 saturated heterocycles. The summed E-state index contributed by atoms with van der Waals surface area (Å²) in [6.07, 6.45) is 5.86. The van der Waals surface area contributed by atoms with Crippen molar-refractivity contribution in [2.75, 3.05) is 43.9 Å². The van der Waals surface area contributed by atoms with Crippen molar-refractivity contribution in [2.24, 2.45) is 7.05 Å². The minimum Gasteiger partial charge on any atom is -0.494 e. The molecule has 8 nitrogen and oxygen atoms in total. The number of ether oxygens (including phenoxy) is 2. The summed E-state index contributed by atoms with van der Waals surface area (Å²) >= 11 is 0. The highest BCUT2D eigenvalue weighted by Crippen LogP contribution is 2.39. The van der Waals surface area contributed by atoms with Crippen LogP contribution in [0.3, 0.4) is 0 Å². The Hall–Kier alpha value is -2.48. The lowest BCUT2D eigenvalue weighted by Crippen LogP contribution is -2.36. The van der Waals surface area contributed by atoms with Crippen LogP contribution in [-0.4, -0.2) is 52.5 Å². The first kappa shape index (κ1) is 18.9. The van der Waals surface area contributed by atoms with E-state index in [9.17, 15) is 0 Å². The second kappa shape index (κ2) is 8.68. The Balaban J connectivity index is 1.31. The molecule has 1 unspecified atom stereocenters. The highest BCUT2D eigenvalue weighted by Gasteiger charge is 2.28. The molecule has 2 aliphatic rings. The summed E-state index contributed by atoms with van der Waals surface area (Å²) in [7, 11) is 1.82. The fraction of sp³-hybridized carbons (Fsp3) is 0.600. The zero-order chi connectivity index (χ0) is 19.3. The molecule has 0 radical (unpaired) electrons. The molecule has 0 saturated carbocycles. The number of aromatic nitrogens is 3. The van der Waals surface area contributed by atoms with Crippen LogP contribution >= 0.6 is 0 Å². The number of rotatable bonds is 7. The molecule has 2 aromatic rings. The van der Waals surface area contributed by atoms with Gasteiger partial charge in [0.1, 0.15) is 11.5 Å². The molecule has 1 fully saturated rings. The lowest BCUT2D eigenvalue weighted by Gasteiger charge is -2.38. The van der Waals surface area contributed by atoms with Crippen molar-refractivity contribution in [3.05, 3.63) is 23.8 Å². The van der Waals surface area contributed by atoms with Crippen molar-refractivity contribution in [3.63, 3.8) is 0 Å².